The van der Waals surface area contributed by atoms with Crippen molar-refractivity contribution in [3.63, 3.8) is 0 Å². The molecule has 2 rings (SSSR count). The van der Waals surface area contributed by atoms with Gasteiger partial charge in [0.2, 0.25) is 0 Å². The minimum Gasteiger partial charge on any atom is -1.00 e. The van der Waals surface area contributed by atoms with E-state index in [9.17, 15) is 0 Å². The molecule has 0 aliphatic heterocycles. The first-order valence-electron chi connectivity index (χ1n) is 9.00. The van der Waals surface area contributed by atoms with Gasteiger partial charge in [0.25, 0.3) is 0 Å². The fraction of sp³-hybridized carbons (Fsp3) is 0.381. The van der Waals surface area contributed by atoms with Gasteiger partial charge >= 0.3 is 5.17 Å². The third kappa shape index (κ3) is 7.40. The standard InChI is InChI=1S/C21H28N2S.HI/c1-3-5-6-13-18-22-21(24-4-2)23(19-14-9-7-10-15-19)20-16-11-8-12-17-20;/h7-12,14-17H,3-6,13,18H2,1-2H3;1H. The number of benzene rings is 2. The van der Waals surface area contributed by atoms with E-state index >= 15 is 0 Å². The van der Waals surface area contributed by atoms with Crippen molar-refractivity contribution in [2.75, 3.05) is 12.3 Å². The van der Waals surface area contributed by atoms with E-state index in [1.54, 1.807) is 0 Å². The Morgan fingerprint density at radius 3 is 1.88 bits per heavy atom. The Balaban J connectivity index is 0.00000312. The summed E-state index contributed by atoms with van der Waals surface area (Å²) in [5, 5.41) is 4.90. The number of thioether (sulfide) groups is 1. The average molecular weight is 468 g/mol. The molecule has 0 aliphatic rings. The van der Waals surface area contributed by atoms with Crippen LogP contribution in [0.3, 0.4) is 0 Å². The molecule has 0 heterocycles. The fourth-order valence-electron chi connectivity index (χ4n) is 2.62. The molecule has 0 amide bonds. The number of hydrogen-bond donors (Lipinski definition) is 1. The Kier molecular flexibility index (Phi) is 11.7. The van der Waals surface area contributed by atoms with E-state index in [0.29, 0.717) is 0 Å². The molecule has 2 nitrogen and oxygen atoms in total. The maximum atomic E-state index is 3.68. The molecule has 0 atom stereocenters. The summed E-state index contributed by atoms with van der Waals surface area (Å²) < 4.78 is 2.33. The summed E-state index contributed by atoms with van der Waals surface area (Å²) >= 11 is 1.87. The van der Waals surface area contributed by atoms with Crippen molar-refractivity contribution in [2.24, 2.45) is 0 Å². The predicted octanol–water partition coefficient (Wildman–Crippen LogP) is 2.80. The molecule has 0 fully saturated rings. The number of halogens is 1. The van der Waals surface area contributed by atoms with E-state index in [4.69, 9.17) is 0 Å². The molecule has 1 N–H and O–H groups in total. The van der Waals surface area contributed by atoms with Gasteiger partial charge in [-0.2, -0.15) is 4.58 Å². The number of unbranched alkanes of at least 4 members (excludes halogenated alkanes) is 3. The van der Waals surface area contributed by atoms with Gasteiger partial charge in [0, 0.05) is 5.75 Å². The van der Waals surface area contributed by atoms with Gasteiger partial charge in [-0.15, -0.1) is 0 Å². The Hall–Kier alpha value is -1.01. The van der Waals surface area contributed by atoms with Crippen LogP contribution < -0.4 is 33.9 Å². The topological polar surface area (TPSA) is 15.0 Å². The first kappa shape index (κ1) is 22.0. The predicted molar refractivity (Wildman–Crippen MR) is 110 cm³/mol. The monoisotopic (exact) mass is 468 g/mol. The molecule has 2 aromatic rings. The summed E-state index contributed by atoms with van der Waals surface area (Å²) in [6.45, 7) is 5.49. The van der Waals surface area contributed by atoms with Gasteiger partial charge in [-0.25, -0.2) is 0 Å². The summed E-state index contributed by atoms with van der Waals surface area (Å²) in [5.41, 5.74) is 2.39. The molecule has 0 unspecified atom stereocenters. The molecule has 25 heavy (non-hydrogen) atoms. The van der Waals surface area contributed by atoms with E-state index in [1.807, 2.05) is 11.8 Å². The Morgan fingerprint density at radius 1 is 0.840 bits per heavy atom. The zero-order valence-corrected chi connectivity index (χ0v) is 18.2. The average Bonchev–Trinajstić information content (AvgIpc) is 2.63. The fourth-order valence-corrected chi connectivity index (χ4v) is 3.43. The number of nitrogens with one attached hydrogen (secondary N) is 1. The van der Waals surface area contributed by atoms with Crippen LogP contribution in [-0.2, 0) is 0 Å². The molecule has 0 saturated carbocycles. The lowest BCUT2D eigenvalue weighted by atomic mass is 10.2. The second-order valence-electron chi connectivity index (χ2n) is 5.73. The number of hydrogen-bond acceptors (Lipinski definition) is 1. The molecular weight excluding hydrogens is 439 g/mol. The van der Waals surface area contributed by atoms with E-state index in [0.717, 1.165) is 12.3 Å². The zero-order valence-electron chi connectivity index (χ0n) is 15.2. The Bertz CT molecular complexity index is 573. The van der Waals surface area contributed by atoms with Crippen molar-refractivity contribution in [3.05, 3.63) is 60.7 Å². The number of nitrogens with zero attached hydrogens (tertiary/aromatic N) is 1. The third-order valence-corrected chi connectivity index (χ3v) is 4.71. The van der Waals surface area contributed by atoms with Gasteiger partial charge in [-0.05, 0) is 48.9 Å². The van der Waals surface area contributed by atoms with Gasteiger partial charge in [0.05, 0.1) is 6.54 Å². The van der Waals surface area contributed by atoms with Gasteiger partial charge < -0.3 is 24.0 Å². The van der Waals surface area contributed by atoms with E-state index in [1.165, 1.54) is 42.2 Å². The van der Waals surface area contributed by atoms with Gasteiger partial charge in [-0.1, -0.05) is 63.1 Å². The molecular formula is C21H29IN2S. The molecule has 136 valence electrons. The minimum absolute atomic E-state index is 0. The van der Waals surface area contributed by atoms with Crippen molar-refractivity contribution in [2.45, 2.75) is 39.5 Å². The van der Waals surface area contributed by atoms with Crippen molar-refractivity contribution < 1.29 is 24.0 Å². The van der Waals surface area contributed by atoms with Gasteiger partial charge in [-0.3, -0.25) is 5.32 Å². The second kappa shape index (κ2) is 13.2. The van der Waals surface area contributed by atoms with Crippen LogP contribution in [0.25, 0.3) is 0 Å². The van der Waals surface area contributed by atoms with Crippen molar-refractivity contribution in [1.82, 2.24) is 9.89 Å². The highest BCUT2D eigenvalue weighted by molar-refractivity contribution is 8.13. The highest BCUT2D eigenvalue weighted by Crippen LogP contribution is 2.22. The minimum atomic E-state index is 0. The van der Waals surface area contributed by atoms with E-state index in [2.05, 4.69) is 84.4 Å². The van der Waals surface area contributed by atoms with E-state index < -0.39 is 0 Å². The lowest BCUT2D eigenvalue weighted by Gasteiger charge is -2.12. The van der Waals surface area contributed by atoms with Crippen LogP contribution in [0.5, 0.6) is 0 Å². The van der Waals surface area contributed by atoms with Gasteiger partial charge in [0.1, 0.15) is 11.4 Å². The smallest absolute Gasteiger partial charge is 0.316 e. The van der Waals surface area contributed by atoms with Crippen LogP contribution in [0, 0.1) is 0 Å². The summed E-state index contributed by atoms with van der Waals surface area (Å²) in [5.74, 6) is 1.05. The molecule has 4 heteroatoms. The second-order valence-corrected chi connectivity index (χ2v) is 6.98. The largest absolute Gasteiger partial charge is 1.00 e. The normalized spacial score (nSPS) is 10.0. The number of para-hydroxylation sites is 2. The lowest BCUT2D eigenvalue weighted by molar-refractivity contribution is -0.00000501. The van der Waals surface area contributed by atoms with Crippen LogP contribution in [0.2, 0.25) is 0 Å². The molecule has 0 aliphatic carbocycles. The van der Waals surface area contributed by atoms with Crippen molar-refractivity contribution in [1.29, 1.82) is 0 Å². The highest BCUT2D eigenvalue weighted by atomic mass is 127. The number of amidine groups is 1. The maximum absolute atomic E-state index is 3.68. The van der Waals surface area contributed by atoms with Crippen LogP contribution >= 0.6 is 11.8 Å². The quantitative estimate of drug-likeness (QED) is 0.211. The maximum Gasteiger partial charge on any atom is 0.316 e. The number of rotatable bonds is 8. The van der Waals surface area contributed by atoms with Crippen LogP contribution in [0.15, 0.2) is 60.7 Å². The Labute approximate surface area is 174 Å². The van der Waals surface area contributed by atoms with Gasteiger partial charge in [0.15, 0.2) is 0 Å². The van der Waals surface area contributed by atoms with Crippen molar-refractivity contribution >= 4 is 28.3 Å². The summed E-state index contributed by atoms with van der Waals surface area (Å²) in [6, 6.07) is 21.2. The molecule has 0 radical (unpaired) electrons. The molecule has 0 saturated heterocycles. The highest BCUT2D eigenvalue weighted by Gasteiger charge is 2.17. The summed E-state index contributed by atoms with van der Waals surface area (Å²) in [7, 11) is 0. The van der Waals surface area contributed by atoms with Crippen LogP contribution in [-0.4, -0.2) is 17.5 Å². The van der Waals surface area contributed by atoms with Crippen molar-refractivity contribution in [3.8, 4) is 0 Å². The first-order valence-corrected chi connectivity index (χ1v) is 9.99. The SMILES string of the molecule is CCCCCCNC(SCC)=[N+](c1ccccc1)c1ccccc1.[I-]. The zero-order chi connectivity index (χ0) is 17.0. The van der Waals surface area contributed by atoms with E-state index in [-0.39, 0.29) is 24.0 Å². The molecule has 0 bridgehead atoms. The molecule has 0 aromatic heterocycles. The molecule has 2 aromatic carbocycles. The first-order chi connectivity index (χ1) is 11.9. The van der Waals surface area contributed by atoms with Crippen LogP contribution in [0.4, 0.5) is 11.4 Å². The summed E-state index contributed by atoms with van der Waals surface area (Å²) in [4.78, 5) is 0. The molecule has 0 spiro atoms. The Morgan fingerprint density at radius 2 is 1.40 bits per heavy atom. The summed E-state index contributed by atoms with van der Waals surface area (Å²) in [6.07, 6.45) is 5.11. The van der Waals surface area contributed by atoms with Crippen LogP contribution in [0.1, 0.15) is 39.5 Å². The lowest BCUT2D eigenvalue weighted by Crippen LogP contribution is -3.00. The third-order valence-electron chi connectivity index (χ3n) is 3.82.